The number of rotatable bonds is 4. The van der Waals surface area contributed by atoms with E-state index in [0.29, 0.717) is 11.5 Å². The van der Waals surface area contributed by atoms with Crippen LogP contribution in [-0.2, 0) is 4.79 Å². The predicted molar refractivity (Wildman–Crippen MR) is 71.1 cm³/mol. The molecule has 18 heavy (non-hydrogen) atoms. The van der Waals surface area contributed by atoms with Crippen molar-refractivity contribution in [1.82, 2.24) is 0 Å². The van der Waals surface area contributed by atoms with E-state index in [9.17, 15) is 9.18 Å². The molecule has 1 unspecified atom stereocenters. The normalized spacial score (nSPS) is 18.0. The van der Waals surface area contributed by atoms with Crippen molar-refractivity contribution in [2.75, 3.05) is 10.6 Å². The highest BCUT2D eigenvalue weighted by molar-refractivity contribution is 5.89. The van der Waals surface area contributed by atoms with Crippen LogP contribution in [0.25, 0.3) is 0 Å². The van der Waals surface area contributed by atoms with Gasteiger partial charge in [-0.25, -0.2) is 4.39 Å². The highest BCUT2D eigenvalue weighted by Gasteiger charge is 2.42. The fraction of sp³-hybridized carbons (Fsp3) is 0.500. The lowest BCUT2D eigenvalue weighted by molar-refractivity contribution is -0.114. The van der Waals surface area contributed by atoms with Crippen molar-refractivity contribution in [3.8, 4) is 0 Å². The maximum atomic E-state index is 13.5. The van der Waals surface area contributed by atoms with Crippen LogP contribution >= 0.6 is 0 Å². The number of hydrogen-bond donors (Lipinski definition) is 2. The zero-order valence-corrected chi connectivity index (χ0v) is 11.0. The average Bonchev–Trinajstić information content (AvgIpc) is 3.02. The van der Waals surface area contributed by atoms with Gasteiger partial charge >= 0.3 is 0 Å². The topological polar surface area (TPSA) is 41.1 Å². The van der Waals surface area contributed by atoms with Gasteiger partial charge in [0.2, 0.25) is 5.91 Å². The lowest BCUT2D eigenvalue weighted by Crippen LogP contribution is -2.25. The molecular formula is C14H19FN2O. The van der Waals surface area contributed by atoms with Crippen LogP contribution in [0.5, 0.6) is 0 Å². The number of hydrogen-bond acceptors (Lipinski definition) is 2. The molecule has 0 aliphatic heterocycles. The molecule has 1 saturated carbocycles. The molecule has 1 amide bonds. The fourth-order valence-electron chi connectivity index (χ4n) is 1.95. The van der Waals surface area contributed by atoms with Gasteiger partial charge < -0.3 is 10.6 Å². The van der Waals surface area contributed by atoms with Crippen LogP contribution in [0.3, 0.4) is 0 Å². The highest BCUT2D eigenvalue weighted by Crippen LogP contribution is 2.48. The van der Waals surface area contributed by atoms with Gasteiger partial charge in [-0.2, -0.15) is 0 Å². The molecule has 1 fully saturated rings. The molecule has 2 N–H and O–H groups in total. The van der Waals surface area contributed by atoms with Crippen molar-refractivity contribution in [3.05, 3.63) is 24.0 Å². The summed E-state index contributed by atoms with van der Waals surface area (Å²) in [6.45, 7) is 5.74. The molecule has 2 rings (SSSR count). The summed E-state index contributed by atoms with van der Waals surface area (Å²) in [5.41, 5.74) is 1.41. The van der Waals surface area contributed by atoms with E-state index in [1.165, 1.54) is 25.8 Å². The summed E-state index contributed by atoms with van der Waals surface area (Å²) in [6.07, 6.45) is 2.45. The summed E-state index contributed by atoms with van der Waals surface area (Å²) in [5.74, 6) is -0.686. The fourth-order valence-corrected chi connectivity index (χ4v) is 1.95. The third-order valence-electron chi connectivity index (χ3n) is 3.74. The molecule has 0 bridgehead atoms. The van der Waals surface area contributed by atoms with Crippen LogP contribution in [0.15, 0.2) is 18.2 Å². The zero-order valence-electron chi connectivity index (χ0n) is 11.0. The molecule has 1 aromatic rings. The maximum absolute atomic E-state index is 13.5. The smallest absolute Gasteiger partial charge is 0.221 e. The van der Waals surface area contributed by atoms with Crippen LogP contribution in [0, 0.1) is 11.2 Å². The summed E-state index contributed by atoms with van der Waals surface area (Å²) in [4.78, 5) is 11.0. The first-order valence-corrected chi connectivity index (χ1v) is 6.24. The molecule has 0 radical (unpaired) electrons. The number of carbonyl (C=O) groups is 1. The molecule has 1 atom stereocenters. The van der Waals surface area contributed by atoms with E-state index in [0.717, 1.165) is 5.69 Å². The van der Waals surface area contributed by atoms with Gasteiger partial charge in [-0.1, -0.05) is 6.92 Å². The molecule has 1 aliphatic carbocycles. The second kappa shape index (κ2) is 4.59. The monoisotopic (exact) mass is 250 g/mol. The highest BCUT2D eigenvalue weighted by atomic mass is 19.1. The first-order valence-electron chi connectivity index (χ1n) is 6.24. The average molecular weight is 250 g/mol. The van der Waals surface area contributed by atoms with E-state index in [1.807, 2.05) is 0 Å². The molecule has 0 heterocycles. The number of benzene rings is 1. The molecule has 98 valence electrons. The van der Waals surface area contributed by atoms with E-state index in [-0.39, 0.29) is 11.6 Å². The molecule has 4 heteroatoms. The van der Waals surface area contributed by atoms with Crippen molar-refractivity contribution < 1.29 is 9.18 Å². The molecule has 0 aromatic heterocycles. The third kappa shape index (κ3) is 2.81. The largest absolute Gasteiger partial charge is 0.382 e. The lowest BCUT2D eigenvalue weighted by Gasteiger charge is -2.22. The summed E-state index contributed by atoms with van der Waals surface area (Å²) < 4.78 is 13.5. The Morgan fingerprint density at radius 1 is 1.44 bits per heavy atom. The van der Waals surface area contributed by atoms with Crippen LogP contribution < -0.4 is 10.6 Å². The zero-order chi connectivity index (χ0) is 13.3. The Bertz CT molecular complexity index is 469. The van der Waals surface area contributed by atoms with Gasteiger partial charge in [0.1, 0.15) is 5.82 Å². The number of amides is 1. The van der Waals surface area contributed by atoms with Gasteiger partial charge in [0.15, 0.2) is 0 Å². The molecule has 1 aliphatic rings. The Morgan fingerprint density at radius 2 is 2.11 bits per heavy atom. The molecule has 1 aromatic carbocycles. The molecule has 0 spiro atoms. The van der Waals surface area contributed by atoms with Crippen LogP contribution in [0.2, 0.25) is 0 Å². The summed E-state index contributed by atoms with van der Waals surface area (Å²) in [7, 11) is 0. The van der Waals surface area contributed by atoms with E-state index < -0.39 is 5.82 Å². The van der Waals surface area contributed by atoms with E-state index in [4.69, 9.17) is 0 Å². The first kappa shape index (κ1) is 12.9. The Hall–Kier alpha value is -1.58. The maximum Gasteiger partial charge on any atom is 0.221 e. The number of nitrogens with one attached hydrogen (secondary N) is 2. The summed E-state index contributed by atoms with van der Waals surface area (Å²) in [5, 5.41) is 5.85. The van der Waals surface area contributed by atoms with Gasteiger partial charge in [0, 0.05) is 18.7 Å². The van der Waals surface area contributed by atoms with Gasteiger partial charge in [-0.3, -0.25) is 4.79 Å². The SMILES string of the molecule is CC(=O)Nc1cc(NC(C)C2(C)CC2)ccc1F. The third-order valence-corrected chi connectivity index (χ3v) is 3.74. The van der Waals surface area contributed by atoms with Crippen LogP contribution in [0.4, 0.5) is 15.8 Å². The van der Waals surface area contributed by atoms with Crippen molar-refractivity contribution >= 4 is 17.3 Å². The lowest BCUT2D eigenvalue weighted by atomic mass is 10.0. The van der Waals surface area contributed by atoms with E-state index in [1.54, 1.807) is 12.1 Å². The Morgan fingerprint density at radius 3 is 2.67 bits per heavy atom. The van der Waals surface area contributed by atoms with Crippen LogP contribution in [-0.4, -0.2) is 11.9 Å². The van der Waals surface area contributed by atoms with Crippen LogP contribution in [0.1, 0.15) is 33.6 Å². The predicted octanol–water partition coefficient (Wildman–Crippen LogP) is 3.38. The second-order valence-corrected chi connectivity index (χ2v) is 5.40. The first-order chi connectivity index (χ1) is 8.40. The molecule has 0 saturated heterocycles. The minimum Gasteiger partial charge on any atom is -0.382 e. The molecule has 3 nitrogen and oxygen atoms in total. The minimum absolute atomic E-state index is 0.223. The Labute approximate surface area is 107 Å². The quantitative estimate of drug-likeness (QED) is 0.860. The summed E-state index contributed by atoms with van der Waals surface area (Å²) in [6, 6.07) is 5.05. The number of anilines is 2. The number of carbonyl (C=O) groups excluding carboxylic acids is 1. The minimum atomic E-state index is -0.416. The van der Waals surface area contributed by atoms with Gasteiger partial charge in [0.25, 0.3) is 0 Å². The van der Waals surface area contributed by atoms with Gasteiger partial charge in [-0.15, -0.1) is 0 Å². The van der Waals surface area contributed by atoms with Crippen molar-refractivity contribution in [2.24, 2.45) is 5.41 Å². The molecular weight excluding hydrogens is 231 g/mol. The van der Waals surface area contributed by atoms with E-state index in [2.05, 4.69) is 24.5 Å². The second-order valence-electron chi connectivity index (χ2n) is 5.40. The van der Waals surface area contributed by atoms with Gasteiger partial charge in [0.05, 0.1) is 5.69 Å². The van der Waals surface area contributed by atoms with E-state index >= 15 is 0 Å². The van der Waals surface area contributed by atoms with Gasteiger partial charge in [-0.05, 0) is 43.4 Å². The standard InChI is InChI=1S/C14H19FN2O/c1-9(14(3)6-7-14)16-11-4-5-12(15)13(8-11)17-10(2)18/h4-5,8-9,16H,6-7H2,1-3H3,(H,17,18). The van der Waals surface area contributed by atoms with Crippen molar-refractivity contribution in [3.63, 3.8) is 0 Å². The van der Waals surface area contributed by atoms with Crippen molar-refractivity contribution in [2.45, 2.75) is 39.7 Å². The Kier molecular flexibility index (Phi) is 3.28. The summed E-state index contributed by atoms with van der Waals surface area (Å²) >= 11 is 0. The number of halogens is 1. The van der Waals surface area contributed by atoms with Crippen molar-refractivity contribution in [1.29, 1.82) is 0 Å². The Balaban J connectivity index is 2.11.